The second-order valence-corrected chi connectivity index (χ2v) is 5.19. The molecule has 0 saturated carbocycles. The summed E-state index contributed by atoms with van der Waals surface area (Å²) in [6.07, 6.45) is 0. The second-order valence-electron chi connectivity index (χ2n) is 5.19. The summed E-state index contributed by atoms with van der Waals surface area (Å²) in [5.74, 6) is 0.478. The molecular formula is C15H24FNO. The summed E-state index contributed by atoms with van der Waals surface area (Å²) in [4.78, 5) is 0. The lowest BCUT2D eigenvalue weighted by molar-refractivity contribution is 0.111. The molecule has 3 heteroatoms. The molecule has 0 aliphatic rings. The lowest BCUT2D eigenvalue weighted by atomic mass is 10.1. The van der Waals surface area contributed by atoms with Gasteiger partial charge in [0.15, 0.2) is 0 Å². The predicted octanol–water partition coefficient (Wildman–Crippen LogP) is 3.20. The van der Waals surface area contributed by atoms with Crippen molar-refractivity contribution in [3.63, 3.8) is 0 Å². The monoisotopic (exact) mass is 253 g/mol. The molecular weight excluding hydrogens is 229 g/mol. The summed E-state index contributed by atoms with van der Waals surface area (Å²) in [7, 11) is 0. The highest BCUT2D eigenvalue weighted by molar-refractivity contribution is 5.30. The van der Waals surface area contributed by atoms with Crippen LogP contribution in [0.5, 0.6) is 0 Å². The number of benzene rings is 1. The molecule has 0 aromatic heterocycles. The molecule has 0 saturated heterocycles. The van der Waals surface area contributed by atoms with Crippen LogP contribution in [-0.2, 0) is 11.3 Å². The van der Waals surface area contributed by atoms with Gasteiger partial charge >= 0.3 is 0 Å². The summed E-state index contributed by atoms with van der Waals surface area (Å²) >= 11 is 0. The summed E-state index contributed by atoms with van der Waals surface area (Å²) in [5.41, 5.74) is 2.54. The van der Waals surface area contributed by atoms with Crippen molar-refractivity contribution in [1.82, 2.24) is 5.32 Å². The highest BCUT2D eigenvalue weighted by atomic mass is 19.1. The van der Waals surface area contributed by atoms with Crippen molar-refractivity contribution < 1.29 is 9.13 Å². The van der Waals surface area contributed by atoms with Gasteiger partial charge in [0.2, 0.25) is 0 Å². The third kappa shape index (κ3) is 5.15. The lowest BCUT2D eigenvalue weighted by Gasteiger charge is -2.09. The van der Waals surface area contributed by atoms with Crippen LogP contribution in [-0.4, -0.2) is 19.8 Å². The Hall–Kier alpha value is -0.930. The van der Waals surface area contributed by atoms with E-state index in [1.807, 2.05) is 12.1 Å². The van der Waals surface area contributed by atoms with Crippen molar-refractivity contribution in [1.29, 1.82) is 0 Å². The molecule has 1 N–H and O–H groups in total. The molecule has 1 rings (SSSR count). The van der Waals surface area contributed by atoms with Crippen LogP contribution < -0.4 is 5.32 Å². The topological polar surface area (TPSA) is 21.3 Å². The van der Waals surface area contributed by atoms with Crippen LogP contribution >= 0.6 is 0 Å². The molecule has 0 heterocycles. The lowest BCUT2D eigenvalue weighted by Crippen LogP contribution is -2.20. The van der Waals surface area contributed by atoms with Crippen LogP contribution in [0.15, 0.2) is 12.1 Å². The van der Waals surface area contributed by atoms with Crippen molar-refractivity contribution in [2.45, 2.75) is 34.2 Å². The summed E-state index contributed by atoms with van der Waals surface area (Å²) in [5, 5.41) is 3.30. The first kappa shape index (κ1) is 15.1. The molecule has 0 radical (unpaired) electrons. The largest absolute Gasteiger partial charge is 0.380 e. The van der Waals surface area contributed by atoms with E-state index in [1.54, 1.807) is 13.8 Å². The van der Waals surface area contributed by atoms with E-state index in [9.17, 15) is 4.39 Å². The van der Waals surface area contributed by atoms with E-state index in [0.717, 1.165) is 31.9 Å². The minimum absolute atomic E-state index is 0.0981. The van der Waals surface area contributed by atoms with Crippen molar-refractivity contribution in [2.24, 2.45) is 5.92 Å². The maximum atomic E-state index is 13.4. The standard InChI is InChI=1S/C15H24FNO/c1-11(2)10-18-6-5-17-9-14-7-12(3)15(16)13(4)8-14/h7-8,11,17H,5-6,9-10H2,1-4H3. The van der Waals surface area contributed by atoms with Gasteiger partial charge in [0, 0.05) is 19.7 Å². The van der Waals surface area contributed by atoms with E-state index in [2.05, 4.69) is 19.2 Å². The molecule has 102 valence electrons. The Bertz CT molecular complexity index is 354. The molecule has 2 nitrogen and oxygen atoms in total. The quantitative estimate of drug-likeness (QED) is 0.753. The van der Waals surface area contributed by atoms with E-state index in [1.165, 1.54) is 0 Å². The minimum Gasteiger partial charge on any atom is -0.380 e. The zero-order valence-corrected chi connectivity index (χ0v) is 11.8. The third-order valence-corrected chi connectivity index (χ3v) is 2.70. The van der Waals surface area contributed by atoms with E-state index in [-0.39, 0.29) is 5.82 Å². The maximum Gasteiger partial charge on any atom is 0.129 e. The molecule has 0 aliphatic heterocycles. The third-order valence-electron chi connectivity index (χ3n) is 2.70. The molecule has 0 amide bonds. The summed E-state index contributed by atoms with van der Waals surface area (Å²) in [6.45, 7) is 11.0. The number of hydrogen-bond acceptors (Lipinski definition) is 2. The summed E-state index contributed by atoms with van der Waals surface area (Å²) in [6, 6.07) is 3.79. The Morgan fingerprint density at radius 2 is 1.83 bits per heavy atom. The average molecular weight is 253 g/mol. The number of rotatable bonds is 7. The van der Waals surface area contributed by atoms with Crippen LogP contribution in [0.1, 0.15) is 30.5 Å². The molecule has 18 heavy (non-hydrogen) atoms. The Labute approximate surface area is 110 Å². The Balaban J connectivity index is 2.27. The molecule has 0 bridgehead atoms. The van der Waals surface area contributed by atoms with Crippen molar-refractivity contribution >= 4 is 0 Å². The first-order chi connectivity index (χ1) is 8.50. The van der Waals surface area contributed by atoms with Gasteiger partial charge in [-0.05, 0) is 36.5 Å². The van der Waals surface area contributed by atoms with Gasteiger partial charge in [-0.25, -0.2) is 4.39 Å². The van der Waals surface area contributed by atoms with E-state index < -0.39 is 0 Å². The van der Waals surface area contributed by atoms with Crippen LogP contribution in [0, 0.1) is 25.6 Å². The number of hydrogen-bond donors (Lipinski definition) is 1. The van der Waals surface area contributed by atoms with Crippen LogP contribution in [0.25, 0.3) is 0 Å². The molecule has 1 aromatic carbocycles. The van der Waals surface area contributed by atoms with Gasteiger partial charge in [0.1, 0.15) is 5.82 Å². The van der Waals surface area contributed by atoms with Crippen LogP contribution in [0.2, 0.25) is 0 Å². The highest BCUT2D eigenvalue weighted by Gasteiger charge is 2.03. The van der Waals surface area contributed by atoms with Gasteiger partial charge in [0.25, 0.3) is 0 Å². The minimum atomic E-state index is -0.0981. The Kier molecular flexibility index (Phi) is 6.30. The first-order valence-corrected chi connectivity index (χ1v) is 6.54. The first-order valence-electron chi connectivity index (χ1n) is 6.54. The maximum absolute atomic E-state index is 13.4. The zero-order valence-electron chi connectivity index (χ0n) is 11.8. The van der Waals surface area contributed by atoms with E-state index in [4.69, 9.17) is 4.74 Å². The number of ether oxygens (including phenoxy) is 1. The fourth-order valence-electron chi connectivity index (χ4n) is 1.83. The highest BCUT2D eigenvalue weighted by Crippen LogP contribution is 2.14. The number of aryl methyl sites for hydroxylation is 2. The van der Waals surface area contributed by atoms with E-state index >= 15 is 0 Å². The Morgan fingerprint density at radius 1 is 1.22 bits per heavy atom. The SMILES string of the molecule is Cc1cc(CNCCOCC(C)C)cc(C)c1F. The number of halogens is 1. The zero-order chi connectivity index (χ0) is 13.5. The molecule has 1 aromatic rings. The van der Waals surface area contributed by atoms with E-state index in [0.29, 0.717) is 17.0 Å². The van der Waals surface area contributed by atoms with Crippen molar-refractivity contribution in [3.05, 3.63) is 34.6 Å². The van der Waals surface area contributed by atoms with Gasteiger partial charge in [0.05, 0.1) is 6.61 Å². The van der Waals surface area contributed by atoms with Gasteiger partial charge in [-0.3, -0.25) is 0 Å². The van der Waals surface area contributed by atoms with Crippen LogP contribution in [0.3, 0.4) is 0 Å². The van der Waals surface area contributed by atoms with Gasteiger partial charge in [-0.1, -0.05) is 26.0 Å². The molecule has 0 spiro atoms. The van der Waals surface area contributed by atoms with Crippen molar-refractivity contribution in [2.75, 3.05) is 19.8 Å². The Morgan fingerprint density at radius 3 is 2.39 bits per heavy atom. The normalized spacial score (nSPS) is 11.2. The molecule has 0 fully saturated rings. The second kappa shape index (κ2) is 7.49. The van der Waals surface area contributed by atoms with Crippen molar-refractivity contribution in [3.8, 4) is 0 Å². The fourth-order valence-corrected chi connectivity index (χ4v) is 1.83. The predicted molar refractivity (Wildman–Crippen MR) is 73.2 cm³/mol. The molecule has 0 unspecified atom stereocenters. The van der Waals surface area contributed by atoms with Gasteiger partial charge in [-0.2, -0.15) is 0 Å². The van der Waals surface area contributed by atoms with Gasteiger partial charge < -0.3 is 10.1 Å². The molecule has 0 atom stereocenters. The fraction of sp³-hybridized carbons (Fsp3) is 0.600. The van der Waals surface area contributed by atoms with Gasteiger partial charge in [-0.15, -0.1) is 0 Å². The molecule has 0 aliphatic carbocycles. The number of nitrogens with one attached hydrogen (secondary N) is 1. The average Bonchev–Trinajstić information content (AvgIpc) is 2.30. The van der Waals surface area contributed by atoms with Crippen LogP contribution in [0.4, 0.5) is 4.39 Å². The summed E-state index contributed by atoms with van der Waals surface area (Å²) < 4.78 is 18.9. The smallest absolute Gasteiger partial charge is 0.129 e.